The van der Waals surface area contributed by atoms with Crippen molar-refractivity contribution in [1.82, 2.24) is 31.2 Å². The van der Waals surface area contributed by atoms with E-state index in [-0.39, 0.29) is 13.0 Å². The highest BCUT2D eigenvalue weighted by Gasteiger charge is 2.23. The number of ether oxygens (including phenoxy) is 1. The molecule has 17 nitrogen and oxygen atoms in total. The van der Waals surface area contributed by atoms with Crippen molar-refractivity contribution in [2.75, 3.05) is 13.1 Å². The van der Waals surface area contributed by atoms with Crippen LogP contribution in [0.2, 0.25) is 0 Å². The van der Waals surface area contributed by atoms with Crippen LogP contribution in [-0.4, -0.2) is 90.4 Å². The number of aromatic amines is 1. The maximum Gasteiger partial charge on any atom is 0.407 e. The topological polar surface area (TPSA) is 266 Å². The van der Waals surface area contributed by atoms with E-state index in [1.54, 1.807) is 85.3 Å². The van der Waals surface area contributed by atoms with Crippen molar-refractivity contribution < 1.29 is 53.0 Å². The molecule has 0 bridgehead atoms. The molecule has 8 N–H and O–H groups in total. The highest BCUT2D eigenvalue weighted by Crippen LogP contribution is 2.09. The molecule has 4 rings (SSSR count). The molecule has 0 saturated carbocycles. The predicted octanol–water partition coefficient (Wildman–Crippen LogP) is 4.10. The van der Waals surface area contributed by atoms with Crippen molar-refractivity contribution in [3.8, 4) is 5.75 Å². The number of rotatable bonds is 17. The summed E-state index contributed by atoms with van der Waals surface area (Å²) in [6.07, 6.45) is 2.49. The Hall–Kier alpha value is -6.82. The molecule has 59 heavy (non-hydrogen) atoms. The van der Waals surface area contributed by atoms with Crippen LogP contribution in [0, 0.1) is 13.8 Å². The standard InChI is InChI=1S/C28H32N4O10S.C7H8O.C4H6N2.C2H6/c33-23(31-20(15-26(37)38)13-14-43(41)21-9-5-2-6-10-21)16-29-27(39)22(11-12-25(35)36)32-24(34)17-30-28(40)42-18-19-7-3-1-4-8-19;1-6-2-4-7(8)5-3-6;1-4-2-5-3-6-4;1-2/h1-10,13-14,20,22H,11-12,15-18H2,(H,29,39)(H,30,40)(H,31,33)(H,32,34)(H,35,36)(H,37,38);2-5,8H,1H3;2-3H,1H3,(H,5,6);1-2H3/b14-13+;;;. The third-order valence-corrected chi connectivity index (χ3v) is 8.29. The number of alkyl carbamates (subject to hydrolysis) is 1. The molecule has 3 unspecified atom stereocenters. The molecule has 0 spiro atoms. The average Bonchev–Trinajstić information content (AvgIpc) is 3.72. The van der Waals surface area contributed by atoms with Gasteiger partial charge in [-0.3, -0.25) is 24.0 Å². The van der Waals surface area contributed by atoms with Gasteiger partial charge in [-0.15, -0.1) is 0 Å². The van der Waals surface area contributed by atoms with Crippen LogP contribution in [0.25, 0.3) is 0 Å². The smallest absolute Gasteiger partial charge is 0.407 e. The van der Waals surface area contributed by atoms with Gasteiger partial charge in [-0.05, 0) is 50.1 Å². The number of amides is 4. The number of carbonyl (C=O) groups is 6. The molecule has 1 aromatic heterocycles. The van der Waals surface area contributed by atoms with E-state index in [1.807, 2.05) is 39.8 Å². The summed E-state index contributed by atoms with van der Waals surface area (Å²) in [5, 5.41) is 37.3. The summed E-state index contributed by atoms with van der Waals surface area (Å²) in [5.41, 5.74) is 3.00. The molecule has 0 radical (unpaired) electrons. The van der Waals surface area contributed by atoms with Crippen LogP contribution in [0.5, 0.6) is 5.75 Å². The second-order valence-corrected chi connectivity index (χ2v) is 13.3. The fourth-order valence-electron chi connectivity index (χ4n) is 4.28. The van der Waals surface area contributed by atoms with E-state index in [2.05, 4.69) is 31.2 Å². The molecule has 18 heteroatoms. The van der Waals surface area contributed by atoms with E-state index in [4.69, 9.17) is 20.1 Å². The largest absolute Gasteiger partial charge is 0.508 e. The first-order chi connectivity index (χ1) is 28.2. The number of phenolic OH excluding ortho intramolecular Hbond substituents is 1. The molecule has 0 aliphatic carbocycles. The molecule has 3 aromatic carbocycles. The van der Waals surface area contributed by atoms with Crippen molar-refractivity contribution in [3.05, 3.63) is 126 Å². The van der Waals surface area contributed by atoms with Gasteiger partial charge in [0.2, 0.25) is 17.7 Å². The van der Waals surface area contributed by atoms with Crippen LogP contribution in [0.3, 0.4) is 0 Å². The normalized spacial score (nSPS) is 11.5. The Morgan fingerprint density at radius 3 is 1.93 bits per heavy atom. The first-order valence-electron chi connectivity index (χ1n) is 18.3. The van der Waals surface area contributed by atoms with Gasteiger partial charge in [0.15, 0.2) is 0 Å². The number of carboxylic acids is 2. The van der Waals surface area contributed by atoms with E-state index < -0.39 is 84.6 Å². The Bertz CT molecular complexity index is 1890. The lowest BCUT2D eigenvalue weighted by Crippen LogP contribution is -2.51. The van der Waals surface area contributed by atoms with Crippen molar-refractivity contribution in [2.45, 2.75) is 70.5 Å². The maximum atomic E-state index is 12.7. The molecule has 318 valence electrons. The quantitative estimate of drug-likeness (QED) is 0.0747. The molecular formula is C41H52N6O11S. The van der Waals surface area contributed by atoms with Gasteiger partial charge >= 0.3 is 18.0 Å². The number of H-pyrrole nitrogens is 1. The number of hydrogen-bond acceptors (Lipinski definition) is 10. The number of imidazole rings is 1. The number of nitrogens with zero attached hydrogens (tertiary/aromatic N) is 1. The number of aliphatic carboxylic acids is 2. The highest BCUT2D eigenvalue weighted by atomic mass is 32.2. The number of phenols is 1. The number of carbonyl (C=O) groups excluding carboxylic acids is 4. The Labute approximate surface area is 345 Å². The molecule has 4 aromatic rings. The second-order valence-electron chi connectivity index (χ2n) is 12.0. The van der Waals surface area contributed by atoms with Crippen LogP contribution in [0.4, 0.5) is 4.79 Å². The lowest BCUT2D eigenvalue weighted by molar-refractivity contribution is -0.139. The van der Waals surface area contributed by atoms with Gasteiger partial charge in [0.25, 0.3) is 0 Å². The lowest BCUT2D eigenvalue weighted by atomic mass is 10.1. The first-order valence-corrected chi connectivity index (χ1v) is 19.5. The van der Waals surface area contributed by atoms with Crippen LogP contribution >= 0.6 is 0 Å². The van der Waals surface area contributed by atoms with Crippen LogP contribution in [-0.2, 0) is 46.1 Å². The Morgan fingerprint density at radius 1 is 0.814 bits per heavy atom. The monoisotopic (exact) mass is 836 g/mol. The zero-order valence-corrected chi connectivity index (χ0v) is 34.1. The number of carboxylic acid groups (broad SMARTS) is 2. The van der Waals surface area contributed by atoms with Gasteiger partial charge in [0, 0.05) is 28.6 Å². The molecule has 0 aliphatic rings. The summed E-state index contributed by atoms with van der Waals surface area (Å²) in [7, 11) is -1.60. The maximum absolute atomic E-state index is 12.7. The van der Waals surface area contributed by atoms with Gasteiger partial charge < -0.3 is 46.3 Å². The number of hydrogen-bond donors (Lipinski definition) is 8. The molecule has 0 fully saturated rings. The highest BCUT2D eigenvalue weighted by molar-refractivity contribution is 7.88. The number of nitrogens with one attached hydrogen (secondary N) is 5. The minimum absolute atomic E-state index is 0.0337. The summed E-state index contributed by atoms with van der Waals surface area (Å²) in [6.45, 7) is 6.72. The molecule has 3 atom stereocenters. The third-order valence-electron chi connectivity index (χ3n) is 7.15. The average molecular weight is 837 g/mol. The molecule has 1 heterocycles. The van der Waals surface area contributed by atoms with E-state index in [1.165, 1.54) is 17.0 Å². The molecule has 0 aliphatic heterocycles. The lowest BCUT2D eigenvalue weighted by Gasteiger charge is -2.19. The second kappa shape index (κ2) is 29.4. The molecular weight excluding hydrogens is 785 g/mol. The molecule has 0 saturated heterocycles. The van der Waals surface area contributed by atoms with Crippen molar-refractivity contribution in [3.63, 3.8) is 0 Å². The van der Waals surface area contributed by atoms with Crippen molar-refractivity contribution >= 4 is 46.6 Å². The van der Waals surface area contributed by atoms with E-state index in [0.717, 1.165) is 11.3 Å². The minimum Gasteiger partial charge on any atom is -0.508 e. The predicted molar refractivity (Wildman–Crippen MR) is 220 cm³/mol. The summed E-state index contributed by atoms with van der Waals surface area (Å²) in [4.78, 5) is 78.7. The fraction of sp³-hybridized carbons (Fsp3) is 0.293. The van der Waals surface area contributed by atoms with E-state index >= 15 is 0 Å². The minimum atomic E-state index is -1.60. The number of aromatic hydroxyl groups is 1. The summed E-state index contributed by atoms with van der Waals surface area (Å²) < 4.78 is 17.4. The third kappa shape index (κ3) is 24.4. The Balaban J connectivity index is 0.000000896. The van der Waals surface area contributed by atoms with E-state index in [0.29, 0.717) is 10.6 Å². The van der Waals surface area contributed by atoms with Crippen LogP contribution < -0.4 is 21.3 Å². The molecule has 4 amide bonds. The zero-order valence-electron chi connectivity index (χ0n) is 33.3. The Kier molecular flexibility index (Phi) is 25.0. The van der Waals surface area contributed by atoms with Crippen LogP contribution in [0.1, 0.15) is 49.9 Å². The van der Waals surface area contributed by atoms with Gasteiger partial charge in [-0.2, -0.15) is 0 Å². The van der Waals surface area contributed by atoms with Gasteiger partial charge in [-0.1, -0.05) is 86.2 Å². The SMILES string of the molecule is CC.Cc1ccc(O)cc1.Cc1cnc[nH]1.O=C(O)CCC(NC(=O)CNC(=O)OCc1ccccc1)C(=O)NCC(=O)NC(/C=C/S(=O)c1ccccc1)CC(=O)O. The number of aromatic nitrogens is 2. The summed E-state index contributed by atoms with van der Waals surface area (Å²) in [5.74, 6) is -4.63. The number of benzene rings is 3. The number of aryl methyl sites for hydroxylation is 2. The van der Waals surface area contributed by atoms with Gasteiger partial charge in [0.1, 0.15) is 24.9 Å². The van der Waals surface area contributed by atoms with Crippen molar-refractivity contribution in [1.29, 1.82) is 0 Å². The fourth-order valence-corrected chi connectivity index (χ4v) is 5.20. The summed E-state index contributed by atoms with van der Waals surface area (Å²) in [6, 6.07) is 21.8. The van der Waals surface area contributed by atoms with Gasteiger partial charge in [-0.25, -0.2) is 14.0 Å². The van der Waals surface area contributed by atoms with Crippen LogP contribution in [0.15, 0.2) is 114 Å². The summed E-state index contributed by atoms with van der Waals surface area (Å²) >= 11 is 0. The van der Waals surface area contributed by atoms with Crippen molar-refractivity contribution in [2.24, 2.45) is 0 Å². The zero-order chi connectivity index (χ0) is 44.0. The first kappa shape index (κ1) is 50.2. The van der Waals surface area contributed by atoms with Gasteiger partial charge in [0.05, 0.1) is 36.1 Å². The van der Waals surface area contributed by atoms with E-state index in [9.17, 15) is 33.0 Å². The Morgan fingerprint density at radius 2 is 1.41 bits per heavy atom.